The summed E-state index contributed by atoms with van der Waals surface area (Å²) in [7, 11) is 0. The van der Waals surface area contributed by atoms with Crippen LogP contribution >= 0.6 is 0 Å². The Labute approximate surface area is 57.0 Å². The van der Waals surface area contributed by atoms with E-state index in [0.29, 0.717) is 0 Å². The summed E-state index contributed by atoms with van der Waals surface area (Å²) in [5.74, 6) is 0.822. The molecule has 1 aliphatic rings. The second kappa shape index (κ2) is 3.18. The molecule has 2 nitrogen and oxygen atoms in total. The summed E-state index contributed by atoms with van der Waals surface area (Å²) in [6, 6.07) is 0.727. The number of rotatable bonds is 2. The molecule has 0 aromatic carbocycles. The lowest BCUT2D eigenvalue weighted by Gasteiger charge is -2.10. The van der Waals surface area contributed by atoms with E-state index < -0.39 is 0 Å². The van der Waals surface area contributed by atoms with Gasteiger partial charge in [0.15, 0.2) is 0 Å². The minimum absolute atomic E-state index is 0.727. The third kappa shape index (κ3) is 2.33. The van der Waals surface area contributed by atoms with Crippen LogP contribution in [0.5, 0.6) is 0 Å². The van der Waals surface area contributed by atoms with Gasteiger partial charge in [-0.25, -0.2) is 0 Å². The highest BCUT2D eigenvalue weighted by Crippen LogP contribution is 2.04. The van der Waals surface area contributed by atoms with E-state index in [9.17, 15) is 0 Å². The fraction of sp³-hybridized carbons (Fsp3) is 1.00. The van der Waals surface area contributed by atoms with E-state index in [4.69, 9.17) is 0 Å². The fourth-order valence-corrected chi connectivity index (χ4v) is 1.27. The molecule has 0 aromatic heterocycles. The molecule has 0 aromatic rings. The Morgan fingerprint density at radius 2 is 2.33 bits per heavy atom. The Bertz CT molecular complexity index is 75.0. The van der Waals surface area contributed by atoms with E-state index in [1.54, 1.807) is 0 Å². The van der Waals surface area contributed by atoms with Gasteiger partial charge >= 0.3 is 0 Å². The van der Waals surface area contributed by atoms with Crippen molar-refractivity contribution in [1.82, 2.24) is 10.6 Å². The Hall–Kier alpha value is -0.0800. The van der Waals surface area contributed by atoms with Gasteiger partial charge in [-0.05, 0) is 12.3 Å². The molecule has 0 amide bonds. The zero-order chi connectivity index (χ0) is 6.69. The van der Waals surface area contributed by atoms with Gasteiger partial charge in [-0.1, -0.05) is 13.8 Å². The van der Waals surface area contributed by atoms with Gasteiger partial charge in [0.05, 0.1) is 0 Å². The van der Waals surface area contributed by atoms with Gasteiger partial charge < -0.3 is 10.6 Å². The van der Waals surface area contributed by atoms with Crippen LogP contribution in [0.1, 0.15) is 20.3 Å². The number of hydrogen-bond acceptors (Lipinski definition) is 2. The summed E-state index contributed by atoms with van der Waals surface area (Å²) in [4.78, 5) is 0. The first-order valence-electron chi connectivity index (χ1n) is 3.73. The normalized spacial score (nSPS) is 27.7. The maximum atomic E-state index is 3.38. The van der Waals surface area contributed by atoms with Crippen LogP contribution in [0, 0.1) is 5.92 Å². The Kier molecular flexibility index (Phi) is 2.49. The van der Waals surface area contributed by atoms with Crippen molar-refractivity contribution in [3.63, 3.8) is 0 Å². The molecule has 2 heteroatoms. The minimum Gasteiger partial charge on any atom is -0.303 e. The SMILES string of the molecule is CC(C)CC1CNCN1. The first-order valence-corrected chi connectivity index (χ1v) is 3.73. The van der Waals surface area contributed by atoms with Crippen molar-refractivity contribution in [2.45, 2.75) is 26.3 Å². The summed E-state index contributed by atoms with van der Waals surface area (Å²) in [6.45, 7) is 6.68. The van der Waals surface area contributed by atoms with Gasteiger partial charge in [0.1, 0.15) is 0 Å². The van der Waals surface area contributed by atoms with Crippen LogP contribution in [-0.4, -0.2) is 19.3 Å². The average molecular weight is 128 g/mol. The molecule has 0 spiro atoms. The highest BCUT2D eigenvalue weighted by atomic mass is 15.2. The molecule has 1 unspecified atom stereocenters. The van der Waals surface area contributed by atoms with Gasteiger partial charge in [0, 0.05) is 19.3 Å². The fourth-order valence-electron chi connectivity index (χ4n) is 1.27. The standard InChI is InChI=1S/C7H16N2/c1-6(2)3-7-4-8-5-9-7/h6-9H,3-5H2,1-2H3. The molecule has 1 heterocycles. The summed E-state index contributed by atoms with van der Waals surface area (Å²) in [5.41, 5.74) is 0. The average Bonchev–Trinajstić information content (AvgIpc) is 2.15. The molecule has 54 valence electrons. The Morgan fingerprint density at radius 1 is 1.56 bits per heavy atom. The zero-order valence-electron chi connectivity index (χ0n) is 6.28. The highest BCUT2D eigenvalue weighted by molar-refractivity contribution is 4.75. The van der Waals surface area contributed by atoms with E-state index in [0.717, 1.165) is 25.2 Å². The summed E-state index contributed by atoms with van der Waals surface area (Å²) in [6.07, 6.45) is 1.30. The van der Waals surface area contributed by atoms with Crippen molar-refractivity contribution in [3.8, 4) is 0 Å². The van der Waals surface area contributed by atoms with E-state index in [1.165, 1.54) is 6.42 Å². The van der Waals surface area contributed by atoms with Gasteiger partial charge in [0.2, 0.25) is 0 Å². The Morgan fingerprint density at radius 3 is 2.78 bits per heavy atom. The quantitative estimate of drug-likeness (QED) is 0.567. The van der Waals surface area contributed by atoms with Crippen LogP contribution in [0.2, 0.25) is 0 Å². The monoisotopic (exact) mass is 128 g/mol. The molecule has 1 aliphatic heterocycles. The topological polar surface area (TPSA) is 24.1 Å². The maximum Gasteiger partial charge on any atom is 0.0457 e. The molecule has 1 saturated heterocycles. The van der Waals surface area contributed by atoms with E-state index >= 15 is 0 Å². The van der Waals surface area contributed by atoms with Crippen LogP contribution in [0.25, 0.3) is 0 Å². The predicted molar refractivity (Wildman–Crippen MR) is 39.2 cm³/mol. The lowest BCUT2D eigenvalue weighted by molar-refractivity contribution is 0.478. The zero-order valence-corrected chi connectivity index (χ0v) is 6.28. The van der Waals surface area contributed by atoms with Crippen LogP contribution in [0.4, 0.5) is 0 Å². The summed E-state index contributed by atoms with van der Waals surface area (Å²) < 4.78 is 0. The molecule has 9 heavy (non-hydrogen) atoms. The van der Waals surface area contributed by atoms with Crippen LogP contribution in [-0.2, 0) is 0 Å². The molecule has 2 N–H and O–H groups in total. The molecule has 1 rings (SSSR count). The largest absolute Gasteiger partial charge is 0.303 e. The molecular formula is C7H16N2. The van der Waals surface area contributed by atoms with Gasteiger partial charge in [-0.15, -0.1) is 0 Å². The molecule has 0 radical (unpaired) electrons. The maximum absolute atomic E-state index is 3.38. The third-order valence-corrected chi connectivity index (χ3v) is 1.66. The van der Waals surface area contributed by atoms with Gasteiger partial charge in [-0.3, -0.25) is 0 Å². The molecule has 0 saturated carbocycles. The van der Waals surface area contributed by atoms with Crippen molar-refractivity contribution in [3.05, 3.63) is 0 Å². The Balaban J connectivity index is 2.11. The first kappa shape index (κ1) is 7.03. The molecular weight excluding hydrogens is 112 g/mol. The van der Waals surface area contributed by atoms with Crippen molar-refractivity contribution >= 4 is 0 Å². The van der Waals surface area contributed by atoms with E-state index in [2.05, 4.69) is 24.5 Å². The van der Waals surface area contributed by atoms with Crippen molar-refractivity contribution in [1.29, 1.82) is 0 Å². The van der Waals surface area contributed by atoms with E-state index in [-0.39, 0.29) is 0 Å². The first-order chi connectivity index (χ1) is 4.29. The summed E-state index contributed by atoms with van der Waals surface area (Å²) >= 11 is 0. The molecule has 1 atom stereocenters. The van der Waals surface area contributed by atoms with Gasteiger partial charge in [0.25, 0.3) is 0 Å². The highest BCUT2D eigenvalue weighted by Gasteiger charge is 2.13. The molecule has 0 aliphatic carbocycles. The summed E-state index contributed by atoms with van der Waals surface area (Å²) in [5, 5.41) is 6.64. The lowest BCUT2D eigenvalue weighted by atomic mass is 10.1. The van der Waals surface area contributed by atoms with Crippen LogP contribution < -0.4 is 10.6 Å². The number of hydrogen-bond donors (Lipinski definition) is 2. The lowest BCUT2D eigenvalue weighted by Crippen LogP contribution is -2.25. The minimum atomic E-state index is 0.727. The second-order valence-corrected chi connectivity index (χ2v) is 3.16. The molecule has 1 fully saturated rings. The third-order valence-electron chi connectivity index (χ3n) is 1.66. The molecule has 0 bridgehead atoms. The van der Waals surface area contributed by atoms with Gasteiger partial charge in [-0.2, -0.15) is 0 Å². The predicted octanol–water partition coefficient (Wildman–Crippen LogP) is 0.551. The van der Waals surface area contributed by atoms with Crippen molar-refractivity contribution in [2.75, 3.05) is 13.2 Å². The van der Waals surface area contributed by atoms with Crippen molar-refractivity contribution in [2.24, 2.45) is 5.92 Å². The number of nitrogens with one attached hydrogen (secondary N) is 2. The van der Waals surface area contributed by atoms with Crippen LogP contribution in [0.3, 0.4) is 0 Å². The van der Waals surface area contributed by atoms with Crippen LogP contribution in [0.15, 0.2) is 0 Å². The second-order valence-electron chi connectivity index (χ2n) is 3.16. The van der Waals surface area contributed by atoms with E-state index in [1.807, 2.05) is 0 Å². The smallest absolute Gasteiger partial charge is 0.0457 e. The van der Waals surface area contributed by atoms with Crippen molar-refractivity contribution < 1.29 is 0 Å².